The molecule has 0 fully saturated rings. The van der Waals surface area contributed by atoms with Crippen molar-refractivity contribution in [3.63, 3.8) is 0 Å². The third-order valence-electron chi connectivity index (χ3n) is 2.54. The molecule has 3 N–H and O–H groups in total. The van der Waals surface area contributed by atoms with Gasteiger partial charge in [0, 0.05) is 24.0 Å². The fourth-order valence-electron chi connectivity index (χ4n) is 1.60. The Balaban J connectivity index is 2.18. The number of hydrogen-bond acceptors (Lipinski definition) is 4. The lowest BCUT2D eigenvalue weighted by molar-refractivity contribution is 0.102. The van der Waals surface area contributed by atoms with Crippen LogP contribution in [0.2, 0.25) is 0 Å². The van der Waals surface area contributed by atoms with Crippen LogP contribution in [-0.2, 0) is 6.54 Å². The highest BCUT2D eigenvalue weighted by atomic mass is 16.1. The van der Waals surface area contributed by atoms with Gasteiger partial charge in [0.1, 0.15) is 0 Å². The van der Waals surface area contributed by atoms with E-state index in [4.69, 9.17) is 11.0 Å². The largest absolute Gasteiger partial charge is 0.325 e. The van der Waals surface area contributed by atoms with Crippen LogP contribution < -0.4 is 11.1 Å². The lowest BCUT2D eigenvalue weighted by Gasteiger charge is -2.06. The van der Waals surface area contributed by atoms with Crippen LogP contribution in [0.25, 0.3) is 0 Å². The number of pyridine rings is 1. The first-order valence-corrected chi connectivity index (χ1v) is 5.69. The van der Waals surface area contributed by atoms with Crippen LogP contribution in [0.15, 0.2) is 42.6 Å². The van der Waals surface area contributed by atoms with Gasteiger partial charge in [-0.3, -0.25) is 9.78 Å². The maximum absolute atomic E-state index is 12.0. The van der Waals surface area contributed by atoms with Gasteiger partial charge in [0.25, 0.3) is 5.91 Å². The fourth-order valence-corrected chi connectivity index (χ4v) is 1.60. The SMILES string of the molecule is N#Cc1cccc(NC(=O)c2ccnc(CN)c2)c1. The molecule has 5 nitrogen and oxygen atoms in total. The van der Waals surface area contributed by atoms with Crippen molar-refractivity contribution in [3.8, 4) is 6.07 Å². The Labute approximate surface area is 110 Å². The monoisotopic (exact) mass is 252 g/mol. The topological polar surface area (TPSA) is 91.8 Å². The van der Waals surface area contributed by atoms with E-state index in [9.17, 15) is 4.79 Å². The normalized spacial score (nSPS) is 9.68. The molecule has 5 heteroatoms. The summed E-state index contributed by atoms with van der Waals surface area (Å²) in [5.41, 5.74) is 7.69. The first kappa shape index (κ1) is 12.7. The predicted molar refractivity (Wildman–Crippen MR) is 71.2 cm³/mol. The van der Waals surface area contributed by atoms with Gasteiger partial charge in [-0.1, -0.05) is 6.07 Å². The summed E-state index contributed by atoms with van der Waals surface area (Å²) in [7, 11) is 0. The molecule has 0 aliphatic heterocycles. The van der Waals surface area contributed by atoms with Gasteiger partial charge >= 0.3 is 0 Å². The van der Waals surface area contributed by atoms with E-state index in [1.54, 1.807) is 42.6 Å². The van der Waals surface area contributed by atoms with Gasteiger partial charge in [0.15, 0.2) is 0 Å². The molecule has 0 saturated carbocycles. The number of anilines is 1. The van der Waals surface area contributed by atoms with Crippen LogP contribution in [0, 0.1) is 11.3 Å². The quantitative estimate of drug-likeness (QED) is 0.869. The van der Waals surface area contributed by atoms with E-state index in [0.717, 1.165) is 0 Å². The number of nitrogens with two attached hydrogens (primary N) is 1. The number of aromatic nitrogens is 1. The third kappa shape index (κ3) is 3.15. The van der Waals surface area contributed by atoms with Gasteiger partial charge in [0.05, 0.1) is 17.3 Å². The molecule has 0 unspecified atom stereocenters. The second-order valence-corrected chi connectivity index (χ2v) is 3.89. The highest BCUT2D eigenvalue weighted by molar-refractivity contribution is 6.04. The predicted octanol–water partition coefficient (Wildman–Crippen LogP) is 1.66. The summed E-state index contributed by atoms with van der Waals surface area (Å²) in [6, 6.07) is 12.0. The number of rotatable bonds is 3. The van der Waals surface area contributed by atoms with Gasteiger partial charge in [-0.15, -0.1) is 0 Å². The summed E-state index contributed by atoms with van der Waals surface area (Å²) in [6.45, 7) is 0.283. The van der Waals surface area contributed by atoms with Crippen molar-refractivity contribution in [2.45, 2.75) is 6.54 Å². The molecule has 94 valence electrons. The maximum atomic E-state index is 12.0. The molecular weight excluding hydrogens is 240 g/mol. The van der Waals surface area contributed by atoms with Crippen LogP contribution in [-0.4, -0.2) is 10.9 Å². The number of carbonyl (C=O) groups excluding carboxylic acids is 1. The van der Waals surface area contributed by atoms with Gasteiger partial charge in [-0.25, -0.2) is 0 Å². The van der Waals surface area contributed by atoms with Crippen LogP contribution in [0.1, 0.15) is 21.6 Å². The molecule has 0 bridgehead atoms. The molecule has 1 amide bonds. The summed E-state index contributed by atoms with van der Waals surface area (Å²) in [6.07, 6.45) is 1.54. The Morgan fingerprint density at radius 2 is 2.21 bits per heavy atom. The summed E-state index contributed by atoms with van der Waals surface area (Å²) in [4.78, 5) is 16.0. The Morgan fingerprint density at radius 3 is 2.95 bits per heavy atom. The minimum atomic E-state index is -0.257. The molecule has 0 radical (unpaired) electrons. The molecule has 2 aromatic rings. The van der Waals surface area contributed by atoms with Crippen LogP contribution >= 0.6 is 0 Å². The Hall–Kier alpha value is -2.71. The first-order chi connectivity index (χ1) is 9.22. The van der Waals surface area contributed by atoms with E-state index in [2.05, 4.69) is 10.3 Å². The number of benzene rings is 1. The third-order valence-corrected chi connectivity index (χ3v) is 2.54. The molecule has 0 saturated heterocycles. The zero-order valence-electron chi connectivity index (χ0n) is 10.1. The van der Waals surface area contributed by atoms with E-state index >= 15 is 0 Å². The van der Waals surface area contributed by atoms with Gasteiger partial charge in [0.2, 0.25) is 0 Å². The Bertz CT molecular complexity index is 646. The van der Waals surface area contributed by atoms with Crippen molar-refractivity contribution in [2.24, 2.45) is 5.73 Å². The number of nitriles is 1. The maximum Gasteiger partial charge on any atom is 0.255 e. The smallest absolute Gasteiger partial charge is 0.255 e. The minimum Gasteiger partial charge on any atom is -0.325 e. The molecular formula is C14H12N4O. The van der Waals surface area contributed by atoms with Crippen molar-refractivity contribution in [1.82, 2.24) is 4.98 Å². The van der Waals surface area contributed by atoms with E-state index in [1.807, 2.05) is 6.07 Å². The van der Waals surface area contributed by atoms with Crippen molar-refractivity contribution in [3.05, 3.63) is 59.4 Å². The fraction of sp³-hybridized carbons (Fsp3) is 0.0714. The van der Waals surface area contributed by atoms with Crippen molar-refractivity contribution >= 4 is 11.6 Å². The lowest BCUT2D eigenvalue weighted by atomic mass is 10.2. The van der Waals surface area contributed by atoms with Crippen LogP contribution in [0.3, 0.4) is 0 Å². The van der Waals surface area contributed by atoms with E-state index in [1.165, 1.54) is 0 Å². The van der Waals surface area contributed by atoms with Gasteiger partial charge in [-0.2, -0.15) is 5.26 Å². The summed E-state index contributed by atoms with van der Waals surface area (Å²) < 4.78 is 0. The zero-order chi connectivity index (χ0) is 13.7. The molecule has 0 spiro atoms. The second-order valence-electron chi connectivity index (χ2n) is 3.89. The molecule has 0 atom stereocenters. The number of nitrogens with zero attached hydrogens (tertiary/aromatic N) is 2. The number of nitrogens with one attached hydrogen (secondary N) is 1. The van der Waals surface area contributed by atoms with Crippen molar-refractivity contribution in [1.29, 1.82) is 5.26 Å². The Kier molecular flexibility index (Phi) is 3.86. The number of carbonyl (C=O) groups is 1. The van der Waals surface area contributed by atoms with Gasteiger partial charge in [-0.05, 0) is 30.3 Å². The van der Waals surface area contributed by atoms with Gasteiger partial charge < -0.3 is 11.1 Å². The lowest BCUT2D eigenvalue weighted by Crippen LogP contribution is -2.13. The van der Waals surface area contributed by atoms with E-state index in [-0.39, 0.29) is 12.5 Å². The number of hydrogen-bond donors (Lipinski definition) is 2. The van der Waals surface area contributed by atoms with Crippen molar-refractivity contribution < 1.29 is 4.79 Å². The summed E-state index contributed by atoms with van der Waals surface area (Å²) in [5.74, 6) is -0.257. The van der Waals surface area contributed by atoms with E-state index in [0.29, 0.717) is 22.5 Å². The molecule has 1 aromatic carbocycles. The molecule has 0 aliphatic carbocycles. The molecule has 2 rings (SSSR count). The molecule has 19 heavy (non-hydrogen) atoms. The minimum absolute atomic E-state index is 0.257. The average Bonchev–Trinajstić information content (AvgIpc) is 2.47. The van der Waals surface area contributed by atoms with E-state index < -0.39 is 0 Å². The zero-order valence-corrected chi connectivity index (χ0v) is 10.1. The van der Waals surface area contributed by atoms with Crippen LogP contribution in [0.4, 0.5) is 5.69 Å². The number of amides is 1. The first-order valence-electron chi connectivity index (χ1n) is 5.69. The highest BCUT2D eigenvalue weighted by Crippen LogP contribution is 2.12. The average molecular weight is 252 g/mol. The second kappa shape index (κ2) is 5.76. The van der Waals surface area contributed by atoms with Crippen LogP contribution in [0.5, 0.6) is 0 Å². The summed E-state index contributed by atoms with van der Waals surface area (Å²) >= 11 is 0. The molecule has 1 aromatic heterocycles. The summed E-state index contributed by atoms with van der Waals surface area (Å²) in [5, 5.41) is 11.5. The standard InChI is InChI=1S/C14H12N4O/c15-8-10-2-1-3-12(6-10)18-14(19)11-4-5-17-13(7-11)9-16/h1-7H,9,16H2,(H,18,19). The van der Waals surface area contributed by atoms with Crippen molar-refractivity contribution in [2.75, 3.05) is 5.32 Å². The molecule has 1 heterocycles. The Morgan fingerprint density at radius 1 is 1.37 bits per heavy atom. The highest BCUT2D eigenvalue weighted by Gasteiger charge is 2.07. The molecule has 0 aliphatic rings.